The lowest BCUT2D eigenvalue weighted by molar-refractivity contribution is 0.178. The average Bonchev–Trinajstić information content (AvgIpc) is 2.98. The fraction of sp³-hybridized carbons (Fsp3) is 0.385. The molecule has 2 atom stereocenters. The maximum Gasteiger partial charge on any atom is 0.169 e. The van der Waals surface area contributed by atoms with Crippen LogP contribution in [0.15, 0.2) is 28.7 Å². The lowest BCUT2D eigenvalue weighted by atomic mass is 9.98. The molecule has 1 aromatic carbocycles. The molecule has 1 fully saturated rings. The molecule has 0 radical (unpaired) electrons. The number of ether oxygens (including phenoxy) is 1. The predicted octanol–water partition coefficient (Wildman–Crippen LogP) is 2.61. The van der Waals surface area contributed by atoms with Crippen molar-refractivity contribution in [2.45, 2.75) is 12.5 Å². The molecule has 0 bridgehead atoms. The highest BCUT2D eigenvalue weighted by Crippen LogP contribution is 2.31. The van der Waals surface area contributed by atoms with Crippen LogP contribution in [-0.4, -0.2) is 13.2 Å². The van der Waals surface area contributed by atoms with Gasteiger partial charge in [0, 0.05) is 17.9 Å². The maximum atomic E-state index is 13.5. The highest BCUT2D eigenvalue weighted by molar-refractivity contribution is 5.78. The van der Waals surface area contributed by atoms with E-state index in [9.17, 15) is 4.39 Å². The molecule has 0 amide bonds. The molecule has 1 aliphatic heterocycles. The second kappa shape index (κ2) is 4.13. The Balaban J connectivity index is 1.97. The quantitative estimate of drug-likeness (QED) is 0.870. The van der Waals surface area contributed by atoms with Gasteiger partial charge in [0.2, 0.25) is 0 Å². The second-order valence-corrected chi connectivity index (χ2v) is 4.46. The number of benzene rings is 1. The minimum absolute atomic E-state index is 0.218. The fourth-order valence-corrected chi connectivity index (χ4v) is 2.28. The van der Waals surface area contributed by atoms with Gasteiger partial charge in [-0.15, -0.1) is 0 Å². The van der Waals surface area contributed by atoms with Crippen LogP contribution in [0.2, 0.25) is 0 Å². The van der Waals surface area contributed by atoms with Crippen LogP contribution in [0.25, 0.3) is 11.0 Å². The Morgan fingerprint density at radius 1 is 1.41 bits per heavy atom. The molecule has 3 nitrogen and oxygen atoms in total. The number of halogens is 1. The van der Waals surface area contributed by atoms with Crippen LogP contribution in [0, 0.1) is 11.7 Å². The first-order chi connectivity index (χ1) is 8.25. The van der Waals surface area contributed by atoms with Crippen molar-refractivity contribution in [1.82, 2.24) is 0 Å². The molecule has 0 aliphatic carbocycles. The zero-order valence-electron chi connectivity index (χ0n) is 9.36. The number of hydrogen-bond donors (Lipinski definition) is 1. The largest absolute Gasteiger partial charge is 0.456 e. The summed E-state index contributed by atoms with van der Waals surface area (Å²) in [4.78, 5) is 0. The van der Waals surface area contributed by atoms with Crippen LogP contribution < -0.4 is 5.73 Å². The SMILES string of the molecule is NC(c1cc2cccc(F)c2o1)C1CCOC1. The number of fused-ring (bicyclic) bond motifs is 1. The number of hydrogen-bond acceptors (Lipinski definition) is 3. The summed E-state index contributed by atoms with van der Waals surface area (Å²) >= 11 is 0. The molecule has 17 heavy (non-hydrogen) atoms. The van der Waals surface area contributed by atoms with E-state index < -0.39 is 0 Å². The van der Waals surface area contributed by atoms with Crippen LogP contribution in [-0.2, 0) is 4.74 Å². The minimum Gasteiger partial charge on any atom is -0.456 e. The molecule has 2 unspecified atom stereocenters. The van der Waals surface area contributed by atoms with E-state index in [2.05, 4.69) is 0 Å². The number of nitrogens with two attached hydrogens (primary N) is 1. The zero-order chi connectivity index (χ0) is 11.8. The fourth-order valence-electron chi connectivity index (χ4n) is 2.28. The van der Waals surface area contributed by atoms with Crippen LogP contribution in [0.1, 0.15) is 18.2 Å². The smallest absolute Gasteiger partial charge is 0.169 e. The number of furan rings is 1. The molecule has 2 heterocycles. The Labute approximate surface area is 98.3 Å². The van der Waals surface area contributed by atoms with Crippen molar-refractivity contribution in [1.29, 1.82) is 0 Å². The predicted molar refractivity (Wildman–Crippen MR) is 62.0 cm³/mol. The van der Waals surface area contributed by atoms with Crippen molar-refractivity contribution in [2.75, 3.05) is 13.2 Å². The molecule has 1 aliphatic rings. The summed E-state index contributed by atoms with van der Waals surface area (Å²) in [5.41, 5.74) is 6.41. The van der Waals surface area contributed by atoms with Crippen LogP contribution in [0.4, 0.5) is 4.39 Å². The molecule has 2 N–H and O–H groups in total. The molecule has 0 saturated carbocycles. The van der Waals surface area contributed by atoms with Gasteiger partial charge in [0.1, 0.15) is 5.76 Å². The van der Waals surface area contributed by atoms with Crippen molar-refractivity contribution >= 4 is 11.0 Å². The van der Waals surface area contributed by atoms with E-state index in [0.717, 1.165) is 18.4 Å². The third kappa shape index (κ3) is 1.83. The van der Waals surface area contributed by atoms with E-state index >= 15 is 0 Å². The van der Waals surface area contributed by atoms with Crippen molar-refractivity contribution in [2.24, 2.45) is 11.7 Å². The number of para-hydroxylation sites is 1. The van der Waals surface area contributed by atoms with Gasteiger partial charge < -0.3 is 14.9 Å². The van der Waals surface area contributed by atoms with E-state index in [1.807, 2.05) is 12.1 Å². The van der Waals surface area contributed by atoms with E-state index in [1.165, 1.54) is 6.07 Å². The lowest BCUT2D eigenvalue weighted by Gasteiger charge is -2.14. The highest BCUT2D eigenvalue weighted by atomic mass is 19.1. The minimum atomic E-state index is -0.344. The van der Waals surface area contributed by atoms with Gasteiger partial charge in [-0.1, -0.05) is 12.1 Å². The average molecular weight is 235 g/mol. The van der Waals surface area contributed by atoms with Gasteiger partial charge in [0.25, 0.3) is 0 Å². The summed E-state index contributed by atoms with van der Waals surface area (Å²) in [5.74, 6) is 0.558. The summed E-state index contributed by atoms with van der Waals surface area (Å²) < 4.78 is 24.3. The summed E-state index contributed by atoms with van der Waals surface area (Å²) in [7, 11) is 0. The Morgan fingerprint density at radius 2 is 2.29 bits per heavy atom. The molecule has 3 rings (SSSR count). The van der Waals surface area contributed by atoms with Gasteiger partial charge in [0.05, 0.1) is 12.6 Å². The van der Waals surface area contributed by atoms with Crippen LogP contribution in [0.5, 0.6) is 0 Å². The normalized spacial score (nSPS) is 22.1. The van der Waals surface area contributed by atoms with Crippen LogP contribution >= 0.6 is 0 Å². The van der Waals surface area contributed by atoms with Gasteiger partial charge in [-0.25, -0.2) is 4.39 Å². The Hall–Kier alpha value is -1.39. The zero-order valence-corrected chi connectivity index (χ0v) is 9.36. The second-order valence-electron chi connectivity index (χ2n) is 4.46. The first kappa shape index (κ1) is 10.7. The Kier molecular flexibility index (Phi) is 2.61. The first-order valence-electron chi connectivity index (χ1n) is 5.77. The summed E-state index contributed by atoms with van der Waals surface area (Å²) in [6.45, 7) is 1.40. The van der Waals surface area contributed by atoms with E-state index in [0.29, 0.717) is 12.4 Å². The molecule has 1 aromatic heterocycles. The van der Waals surface area contributed by atoms with Gasteiger partial charge in [-0.2, -0.15) is 0 Å². The van der Waals surface area contributed by atoms with Gasteiger partial charge in [-0.05, 0) is 18.6 Å². The summed E-state index contributed by atoms with van der Waals surface area (Å²) in [6.07, 6.45) is 0.931. The highest BCUT2D eigenvalue weighted by Gasteiger charge is 2.26. The molecule has 90 valence electrons. The van der Waals surface area contributed by atoms with Crippen molar-refractivity contribution in [3.05, 3.63) is 35.8 Å². The van der Waals surface area contributed by atoms with Gasteiger partial charge >= 0.3 is 0 Å². The third-order valence-electron chi connectivity index (χ3n) is 3.32. The van der Waals surface area contributed by atoms with Crippen molar-refractivity contribution in [3.63, 3.8) is 0 Å². The maximum absolute atomic E-state index is 13.5. The summed E-state index contributed by atoms with van der Waals surface area (Å²) in [6, 6.07) is 6.48. The molecule has 1 saturated heterocycles. The van der Waals surface area contributed by atoms with E-state index in [4.69, 9.17) is 14.9 Å². The molecule has 2 aromatic rings. The van der Waals surface area contributed by atoms with Gasteiger partial charge in [0.15, 0.2) is 11.4 Å². The Bertz CT molecular complexity index is 531. The van der Waals surface area contributed by atoms with E-state index in [1.54, 1.807) is 6.07 Å². The molecular weight excluding hydrogens is 221 g/mol. The van der Waals surface area contributed by atoms with Crippen molar-refractivity contribution in [3.8, 4) is 0 Å². The lowest BCUT2D eigenvalue weighted by Crippen LogP contribution is -2.20. The van der Waals surface area contributed by atoms with Crippen molar-refractivity contribution < 1.29 is 13.5 Å². The molecule has 4 heteroatoms. The van der Waals surface area contributed by atoms with Gasteiger partial charge in [-0.3, -0.25) is 0 Å². The molecular formula is C13H14FNO2. The van der Waals surface area contributed by atoms with E-state index in [-0.39, 0.29) is 23.4 Å². The third-order valence-corrected chi connectivity index (χ3v) is 3.32. The summed E-state index contributed by atoms with van der Waals surface area (Å²) in [5, 5.41) is 0.759. The molecule has 0 spiro atoms. The topological polar surface area (TPSA) is 48.4 Å². The number of rotatable bonds is 2. The monoisotopic (exact) mass is 235 g/mol. The first-order valence-corrected chi connectivity index (χ1v) is 5.77. The Morgan fingerprint density at radius 3 is 3.00 bits per heavy atom. The standard InChI is InChI=1S/C13H14FNO2/c14-10-3-1-2-8-6-11(17-13(8)10)12(15)9-4-5-16-7-9/h1-3,6,9,12H,4-5,7,15H2. The van der Waals surface area contributed by atoms with Crippen LogP contribution in [0.3, 0.4) is 0 Å².